The third kappa shape index (κ3) is 1.93. The van der Waals surface area contributed by atoms with E-state index in [1.807, 2.05) is 18.5 Å². The topological polar surface area (TPSA) is 34.4 Å². The van der Waals surface area contributed by atoms with Crippen molar-refractivity contribution in [2.45, 2.75) is 20.3 Å². The number of aromatic nitrogens is 1. The third-order valence-corrected chi connectivity index (χ3v) is 3.58. The molecule has 0 fully saturated rings. The minimum absolute atomic E-state index is 0.0705. The zero-order valence-electron chi connectivity index (χ0n) is 9.65. The summed E-state index contributed by atoms with van der Waals surface area (Å²) in [4.78, 5) is 16.2. The molecule has 1 heterocycles. The van der Waals surface area contributed by atoms with E-state index in [2.05, 4.69) is 30.1 Å². The van der Waals surface area contributed by atoms with Crippen molar-refractivity contribution >= 4 is 27.5 Å². The molecule has 0 atom stereocenters. The smallest absolute Gasteiger partial charge is 0.248 e. The van der Waals surface area contributed by atoms with E-state index in [0.717, 1.165) is 10.3 Å². The van der Waals surface area contributed by atoms with E-state index in [1.54, 1.807) is 11.3 Å². The normalized spacial score (nSPS) is 12.3. The maximum atomic E-state index is 11.3. The number of nitrogens with zero attached hydrogens (tertiary/aromatic N) is 2. The fourth-order valence-corrected chi connectivity index (χ4v) is 2.67. The molecule has 0 N–H and O–H groups in total. The van der Waals surface area contributed by atoms with Crippen LogP contribution in [-0.4, -0.2) is 10.5 Å². The molecule has 1 aromatic heterocycles. The average Bonchev–Trinajstić information content (AvgIpc) is 2.55. The summed E-state index contributed by atoms with van der Waals surface area (Å²) >= 11 is 1.56. The van der Waals surface area contributed by atoms with E-state index in [4.69, 9.17) is 0 Å². The van der Waals surface area contributed by atoms with Gasteiger partial charge in [-0.15, -0.1) is 0 Å². The lowest BCUT2D eigenvalue weighted by Crippen LogP contribution is -2.12. The van der Waals surface area contributed by atoms with Gasteiger partial charge >= 0.3 is 0 Å². The molecule has 16 heavy (non-hydrogen) atoms. The van der Waals surface area contributed by atoms with Crippen molar-refractivity contribution in [3.05, 3.63) is 28.6 Å². The number of amides is 1. The van der Waals surface area contributed by atoms with Crippen LogP contribution in [0, 0.1) is 6.92 Å². The lowest BCUT2D eigenvalue weighted by molar-refractivity contribution is -0.117. The second-order valence-electron chi connectivity index (χ2n) is 3.77. The summed E-state index contributed by atoms with van der Waals surface area (Å²) in [5.41, 5.74) is 2.35. The number of fused-ring (bicyclic) bond motifs is 1. The van der Waals surface area contributed by atoms with Gasteiger partial charge in [0.1, 0.15) is 0 Å². The number of hydrogen-bond acceptors (Lipinski definition) is 2. The second kappa shape index (κ2) is 4.22. The van der Waals surface area contributed by atoms with Crippen molar-refractivity contribution in [1.82, 2.24) is 4.57 Å². The molecule has 0 aliphatic rings. The van der Waals surface area contributed by atoms with Gasteiger partial charge in [0.05, 0.1) is 10.2 Å². The monoisotopic (exact) mass is 234 g/mol. The maximum absolute atomic E-state index is 11.3. The average molecular weight is 234 g/mol. The molecule has 0 radical (unpaired) electrons. The molecule has 3 nitrogen and oxygen atoms in total. The Bertz CT molecular complexity index is 607. The van der Waals surface area contributed by atoms with Crippen LogP contribution in [0.4, 0.5) is 0 Å². The number of carbonyl (C=O) groups is 1. The largest absolute Gasteiger partial charge is 0.319 e. The van der Waals surface area contributed by atoms with Crippen LogP contribution in [-0.2, 0) is 11.8 Å². The number of carbonyl (C=O) groups excluding carboxylic acids is 1. The molecule has 84 valence electrons. The van der Waals surface area contributed by atoms with E-state index >= 15 is 0 Å². The molecule has 0 unspecified atom stereocenters. The molecule has 0 aliphatic carbocycles. The Morgan fingerprint density at radius 1 is 1.50 bits per heavy atom. The summed E-state index contributed by atoms with van der Waals surface area (Å²) < 4.78 is 3.14. The molecular weight excluding hydrogens is 220 g/mol. The fraction of sp³-hybridized carbons (Fsp3) is 0.333. The first kappa shape index (κ1) is 11.1. The first-order chi connectivity index (χ1) is 7.61. The summed E-state index contributed by atoms with van der Waals surface area (Å²) in [7, 11) is 1.94. The van der Waals surface area contributed by atoms with E-state index in [1.165, 1.54) is 10.3 Å². The molecule has 1 amide bonds. The summed E-state index contributed by atoms with van der Waals surface area (Å²) in [6.07, 6.45) is 0.452. The molecule has 2 aromatic rings. The Labute approximate surface area is 98.1 Å². The van der Waals surface area contributed by atoms with Crippen molar-refractivity contribution in [2.75, 3.05) is 0 Å². The van der Waals surface area contributed by atoms with Crippen LogP contribution < -0.4 is 4.80 Å². The Kier molecular flexibility index (Phi) is 2.92. The van der Waals surface area contributed by atoms with Crippen molar-refractivity contribution in [2.24, 2.45) is 12.0 Å². The van der Waals surface area contributed by atoms with E-state index in [0.29, 0.717) is 6.42 Å². The van der Waals surface area contributed by atoms with Gasteiger partial charge in [0.25, 0.3) is 0 Å². The minimum Gasteiger partial charge on any atom is -0.319 e. The molecule has 0 bridgehead atoms. The van der Waals surface area contributed by atoms with E-state index in [-0.39, 0.29) is 5.91 Å². The van der Waals surface area contributed by atoms with Crippen LogP contribution >= 0.6 is 11.3 Å². The summed E-state index contributed by atoms with van der Waals surface area (Å²) in [6.45, 7) is 3.89. The van der Waals surface area contributed by atoms with Crippen LogP contribution in [0.3, 0.4) is 0 Å². The predicted octanol–water partition coefficient (Wildman–Crippen LogP) is 2.39. The lowest BCUT2D eigenvalue weighted by atomic mass is 10.2. The van der Waals surface area contributed by atoms with Gasteiger partial charge < -0.3 is 4.57 Å². The molecule has 1 aromatic carbocycles. The van der Waals surface area contributed by atoms with Crippen molar-refractivity contribution < 1.29 is 4.79 Å². The van der Waals surface area contributed by atoms with Gasteiger partial charge in [0, 0.05) is 13.5 Å². The van der Waals surface area contributed by atoms with Gasteiger partial charge in [-0.1, -0.05) is 24.3 Å². The van der Waals surface area contributed by atoms with E-state index in [9.17, 15) is 4.79 Å². The predicted molar refractivity (Wildman–Crippen MR) is 66.4 cm³/mol. The Morgan fingerprint density at radius 2 is 2.25 bits per heavy atom. The van der Waals surface area contributed by atoms with Gasteiger partial charge in [0.2, 0.25) is 5.91 Å². The first-order valence-electron chi connectivity index (χ1n) is 5.25. The van der Waals surface area contributed by atoms with Crippen LogP contribution in [0.5, 0.6) is 0 Å². The van der Waals surface area contributed by atoms with Crippen molar-refractivity contribution in [3.63, 3.8) is 0 Å². The van der Waals surface area contributed by atoms with Crippen molar-refractivity contribution in [3.8, 4) is 0 Å². The second-order valence-corrected chi connectivity index (χ2v) is 4.78. The highest BCUT2D eigenvalue weighted by atomic mass is 32.1. The van der Waals surface area contributed by atoms with Gasteiger partial charge in [-0.05, 0) is 24.6 Å². The standard InChI is InChI=1S/C12H14N2OS/c1-4-11(15)13-12-14(3)9-6-5-8(2)7-10(9)16-12/h5-7H,4H2,1-3H3. The summed E-state index contributed by atoms with van der Waals surface area (Å²) in [5.74, 6) is -0.0705. The summed E-state index contributed by atoms with van der Waals surface area (Å²) in [6, 6.07) is 6.26. The molecule has 0 spiro atoms. The first-order valence-corrected chi connectivity index (χ1v) is 6.07. The number of benzene rings is 1. The molecule has 0 saturated carbocycles. The maximum Gasteiger partial charge on any atom is 0.248 e. The van der Waals surface area contributed by atoms with Gasteiger partial charge in [-0.25, -0.2) is 0 Å². The third-order valence-electron chi connectivity index (χ3n) is 2.49. The van der Waals surface area contributed by atoms with Gasteiger partial charge in [0.15, 0.2) is 4.80 Å². The number of aryl methyl sites for hydroxylation is 2. The molecule has 0 saturated heterocycles. The van der Waals surface area contributed by atoms with Crippen LogP contribution in [0.2, 0.25) is 0 Å². The SMILES string of the molecule is CCC(=O)N=c1sc2cc(C)ccc2n1C. The van der Waals surface area contributed by atoms with Crippen LogP contribution in [0.15, 0.2) is 23.2 Å². The summed E-state index contributed by atoms with van der Waals surface area (Å²) in [5, 5.41) is 0. The van der Waals surface area contributed by atoms with Crippen LogP contribution in [0.25, 0.3) is 10.2 Å². The number of rotatable bonds is 1. The molecule has 2 rings (SSSR count). The highest BCUT2D eigenvalue weighted by Gasteiger charge is 2.03. The molecule has 0 aliphatic heterocycles. The Hall–Kier alpha value is -1.42. The zero-order chi connectivity index (χ0) is 11.7. The minimum atomic E-state index is -0.0705. The van der Waals surface area contributed by atoms with Gasteiger partial charge in [-0.2, -0.15) is 4.99 Å². The quantitative estimate of drug-likeness (QED) is 0.746. The Morgan fingerprint density at radius 3 is 2.94 bits per heavy atom. The van der Waals surface area contributed by atoms with E-state index < -0.39 is 0 Å². The number of hydrogen-bond donors (Lipinski definition) is 0. The Balaban J connectivity index is 2.69. The van der Waals surface area contributed by atoms with Crippen molar-refractivity contribution in [1.29, 1.82) is 0 Å². The lowest BCUT2D eigenvalue weighted by Gasteiger charge is -1.95. The fourth-order valence-electron chi connectivity index (χ4n) is 1.53. The van der Waals surface area contributed by atoms with Gasteiger partial charge in [-0.3, -0.25) is 4.79 Å². The molecule has 4 heteroatoms. The zero-order valence-corrected chi connectivity index (χ0v) is 10.5. The highest BCUT2D eigenvalue weighted by Crippen LogP contribution is 2.17. The van der Waals surface area contributed by atoms with Crippen LogP contribution in [0.1, 0.15) is 18.9 Å². The number of thiazole rings is 1. The molecular formula is C12H14N2OS. The highest BCUT2D eigenvalue weighted by molar-refractivity contribution is 7.16.